The number of hydrogen-bond acceptors (Lipinski definition) is 6. The highest BCUT2D eigenvalue weighted by Crippen LogP contribution is 2.37. The number of carbonyl (C=O) groups is 2. The number of benzene rings is 1. The Kier molecular flexibility index (Phi) is 9.14. The molecular weight excluding hydrogens is 414 g/mol. The molecule has 31 heavy (non-hydrogen) atoms. The molecule has 0 aromatic heterocycles. The van der Waals surface area contributed by atoms with E-state index in [4.69, 9.17) is 18.6 Å². The van der Waals surface area contributed by atoms with E-state index in [1.54, 1.807) is 41.1 Å². The third-order valence-electron chi connectivity index (χ3n) is 5.37. The molecule has 8 heteroatoms. The molecule has 0 saturated heterocycles. The van der Waals surface area contributed by atoms with Crippen molar-refractivity contribution in [3.05, 3.63) is 23.8 Å². The molecule has 1 amide bonds. The van der Waals surface area contributed by atoms with Gasteiger partial charge >= 0.3 is 6.09 Å². The van der Waals surface area contributed by atoms with Crippen LogP contribution in [0.25, 0.3) is 0 Å². The second-order valence-corrected chi connectivity index (χ2v) is 14.9. The first-order valence-corrected chi connectivity index (χ1v) is 13.4. The Balaban J connectivity index is 3.23. The van der Waals surface area contributed by atoms with E-state index in [2.05, 4.69) is 39.2 Å². The van der Waals surface area contributed by atoms with Crippen LogP contribution in [0.15, 0.2) is 18.2 Å². The van der Waals surface area contributed by atoms with E-state index >= 15 is 0 Å². The number of hydrogen-bond donors (Lipinski definition) is 1. The van der Waals surface area contributed by atoms with E-state index in [1.165, 1.54) is 0 Å². The van der Waals surface area contributed by atoms with Gasteiger partial charge in [-0.3, -0.25) is 0 Å². The van der Waals surface area contributed by atoms with Gasteiger partial charge in [-0.1, -0.05) is 26.8 Å². The van der Waals surface area contributed by atoms with Crippen molar-refractivity contribution >= 4 is 20.7 Å². The molecule has 0 aliphatic rings. The van der Waals surface area contributed by atoms with Crippen molar-refractivity contribution in [2.45, 2.75) is 83.8 Å². The number of rotatable bonds is 9. The number of alkyl carbamates (subject to hydrolysis) is 1. The van der Waals surface area contributed by atoms with E-state index in [1.807, 2.05) is 12.1 Å². The molecule has 2 atom stereocenters. The van der Waals surface area contributed by atoms with Crippen molar-refractivity contribution < 1.29 is 28.2 Å². The maximum atomic E-state index is 12.5. The molecule has 0 unspecified atom stereocenters. The summed E-state index contributed by atoms with van der Waals surface area (Å²) in [5.41, 5.74) is 0.207. The number of ether oxygens (including phenoxy) is 3. The minimum absolute atomic E-state index is 0.0892. The Labute approximate surface area is 187 Å². The number of methoxy groups -OCH3 is 2. The smallest absolute Gasteiger partial charge is 0.407 e. The predicted octanol–water partition coefficient (Wildman–Crippen LogP) is 4.73. The molecule has 7 nitrogen and oxygen atoms in total. The highest BCUT2D eigenvalue weighted by molar-refractivity contribution is 6.74. The van der Waals surface area contributed by atoms with Crippen LogP contribution in [0.4, 0.5) is 4.79 Å². The Morgan fingerprint density at radius 3 is 2.10 bits per heavy atom. The van der Waals surface area contributed by atoms with Crippen LogP contribution in [0.5, 0.6) is 11.5 Å². The second kappa shape index (κ2) is 10.5. The largest absolute Gasteiger partial charge is 0.493 e. The summed E-state index contributed by atoms with van der Waals surface area (Å²) >= 11 is 0. The van der Waals surface area contributed by atoms with Crippen molar-refractivity contribution in [3.8, 4) is 11.5 Å². The van der Waals surface area contributed by atoms with Gasteiger partial charge in [-0.2, -0.15) is 0 Å². The fourth-order valence-electron chi connectivity index (χ4n) is 2.69. The molecule has 1 rings (SSSR count). The zero-order valence-electron chi connectivity index (χ0n) is 20.6. The predicted molar refractivity (Wildman–Crippen MR) is 125 cm³/mol. The zero-order valence-corrected chi connectivity index (χ0v) is 21.6. The van der Waals surface area contributed by atoms with Gasteiger partial charge in [0.15, 0.2) is 19.8 Å². The summed E-state index contributed by atoms with van der Waals surface area (Å²) in [7, 11) is 0.864. The third kappa shape index (κ3) is 8.18. The average Bonchev–Trinajstić information content (AvgIpc) is 2.63. The number of amides is 1. The third-order valence-corrected chi connectivity index (χ3v) is 9.85. The Hall–Kier alpha value is -2.06. The van der Waals surface area contributed by atoms with Crippen LogP contribution in [-0.4, -0.2) is 52.7 Å². The lowest BCUT2D eigenvalue weighted by atomic mass is 10.0. The van der Waals surface area contributed by atoms with E-state index < -0.39 is 32.2 Å². The molecule has 0 aliphatic carbocycles. The molecular formula is C23H39NO6Si. The van der Waals surface area contributed by atoms with Crippen LogP contribution < -0.4 is 14.8 Å². The normalized spacial score (nSPS) is 14.4. The Morgan fingerprint density at radius 2 is 1.65 bits per heavy atom. The van der Waals surface area contributed by atoms with Crippen LogP contribution in [0.2, 0.25) is 18.1 Å². The minimum atomic E-state index is -2.27. The van der Waals surface area contributed by atoms with Crippen molar-refractivity contribution in [2.24, 2.45) is 0 Å². The van der Waals surface area contributed by atoms with Crippen LogP contribution >= 0.6 is 0 Å². The lowest BCUT2D eigenvalue weighted by Gasteiger charge is -2.40. The summed E-state index contributed by atoms with van der Waals surface area (Å²) in [5.74, 6) is 1.18. The summed E-state index contributed by atoms with van der Waals surface area (Å²) in [6, 6.07) is 4.89. The van der Waals surface area contributed by atoms with Gasteiger partial charge in [0.25, 0.3) is 0 Å². The molecule has 0 radical (unpaired) electrons. The molecule has 0 spiro atoms. The quantitative estimate of drug-likeness (QED) is 0.430. The molecule has 1 aromatic rings. The van der Waals surface area contributed by atoms with Crippen LogP contribution in [0, 0.1) is 0 Å². The van der Waals surface area contributed by atoms with Gasteiger partial charge < -0.3 is 28.7 Å². The van der Waals surface area contributed by atoms with Gasteiger partial charge in [0.2, 0.25) is 0 Å². The maximum absolute atomic E-state index is 12.5. The lowest BCUT2D eigenvalue weighted by Crippen LogP contribution is -2.53. The van der Waals surface area contributed by atoms with E-state index in [0.717, 1.165) is 11.8 Å². The maximum Gasteiger partial charge on any atom is 0.407 e. The summed E-state index contributed by atoms with van der Waals surface area (Å²) in [4.78, 5) is 24.6. The van der Waals surface area contributed by atoms with Crippen LogP contribution in [0.1, 0.15) is 47.1 Å². The average molecular weight is 454 g/mol. The standard InChI is InChI=1S/C23H39NO6Si/c1-22(2,3)29-21(26)24-17(20(15-25)30-31(9,10)23(4,5)6)13-16-11-12-18(27-7)19(14-16)28-8/h11-12,14-15,17,20H,13H2,1-10H3,(H,24,26)/t17-,20+/m0/s1. The summed E-state index contributed by atoms with van der Waals surface area (Å²) in [5, 5.41) is 2.76. The molecule has 0 aliphatic heterocycles. The molecule has 0 heterocycles. The van der Waals surface area contributed by atoms with E-state index in [9.17, 15) is 9.59 Å². The number of aldehydes is 1. The van der Waals surface area contributed by atoms with Crippen molar-refractivity contribution in [1.29, 1.82) is 0 Å². The van der Waals surface area contributed by atoms with Gasteiger partial charge in [0, 0.05) is 0 Å². The van der Waals surface area contributed by atoms with Crippen molar-refractivity contribution in [1.82, 2.24) is 5.32 Å². The van der Waals surface area contributed by atoms with Gasteiger partial charge in [-0.25, -0.2) is 4.79 Å². The fourth-order valence-corrected chi connectivity index (χ4v) is 3.95. The zero-order chi connectivity index (χ0) is 24.0. The number of carbonyl (C=O) groups excluding carboxylic acids is 2. The van der Waals surface area contributed by atoms with Crippen molar-refractivity contribution in [3.63, 3.8) is 0 Å². The Morgan fingerprint density at radius 1 is 1.06 bits per heavy atom. The van der Waals surface area contributed by atoms with Crippen LogP contribution in [0.3, 0.4) is 0 Å². The summed E-state index contributed by atoms with van der Waals surface area (Å²) < 4.78 is 22.5. The van der Waals surface area contributed by atoms with Gasteiger partial charge in [-0.05, 0) is 63.0 Å². The fraction of sp³-hybridized carbons (Fsp3) is 0.652. The summed E-state index contributed by atoms with van der Waals surface area (Å²) in [6.07, 6.45) is -0.286. The van der Waals surface area contributed by atoms with Gasteiger partial charge in [0.1, 0.15) is 18.0 Å². The second-order valence-electron chi connectivity index (χ2n) is 10.1. The summed E-state index contributed by atoms with van der Waals surface area (Å²) in [6.45, 7) is 15.8. The molecule has 1 N–H and O–H groups in total. The van der Waals surface area contributed by atoms with Gasteiger partial charge in [0.05, 0.1) is 20.3 Å². The first kappa shape index (κ1) is 27.0. The molecule has 176 valence electrons. The van der Waals surface area contributed by atoms with Crippen LogP contribution in [-0.2, 0) is 20.4 Å². The van der Waals surface area contributed by atoms with Crippen molar-refractivity contribution in [2.75, 3.05) is 14.2 Å². The molecule has 1 aromatic carbocycles. The first-order valence-electron chi connectivity index (χ1n) is 10.5. The SMILES string of the molecule is COc1ccc(C[C@H](NC(=O)OC(C)(C)C)[C@@H](C=O)O[Si](C)(C)C(C)(C)C)cc1OC. The molecule has 0 saturated carbocycles. The first-order chi connectivity index (χ1) is 14.1. The minimum Gasteiger partial charge on any atom is -0.493 e. The Bertz CT molecular complexity index is 751. The lowest BCUT2D eigenvalue weighted by molar-refractivity contribution is -0.115. The monoisotopic (exact) mass is 453 g/mol. The molecule has 0 bridgehead atoms. The highest BCUT2D eigenvalue weighted by Gasteiger charge is 2.41. The number of nitrogens with one attached hydrogen (secondary N) is 1. The highest BCUT2D eigenvalue weighted by atomic mass is 28.4. The van der Waals surface area contributed by atoms with E-state index in [-0.39, 0.29) is 5.04 Å². The van der Waals surface area contributed by atoms with Gasteiger partial charge in [-0.15, -0.1) is 0 Å². The van der Waals surface area contributed by atoms with E-state index in [0.29, 0.717) is 17.9 Å². The molecule has 0 fully saturated rings. The topological polar surface area (TPSA) is 83.1 Å².